The average molecular weight is 338 g/mol. The van der Waals surface area contributed by atoms with Gasteiger partial charge in [-0.1, -0.05) is 6.07 Å². The molecule has 1 aliphatic heterocycles. The van der Waals surface area contributed by atoms with Gasteiger partial charge in [0.15, 0.2) is 0 Å². The SMILES string of the molecule is CC(C)(C)OC(=O)N1CCN(Cc2ccc(F)cc2B(O)O)CC1. The van der Waals surface area contributed by atoms with Crippen molar-refractivity contribution in [3.05, 3.63) is 29.6 Å². The van der Waals surface area contributed by atoms with Gasteiger partial charge in [0.1, 0.15) is 11.4 Å². The fourth-order valence-electron chi connectivity index (χ4n) is 2.61. The van der Waals surface area contributed by atoms with Crippen LogP contribution in [0.15, 0.2) is 18.2 Å². The van der Waals surface area contributed by atoms with Crippen molar-refractivity contribution in [1.82, 2.24) is 9.80 Å². The van der Waals surface area contributed by atoms with Crippen LogP contribution < -0.4 is 5.46 Å². The molecule has 1 heterocycles. The number of halogens is 1. The van der Waals surface area contributed by atoms with Crippen molar-refractivity contribution < 1.29 is 24.0 Å². The minimum Gasteiger partial charge on any atom is -0.444 e. The van der Waals surface area contributed by atoms with E-state index in [0.717, 1.165) is 6.07 Å². The van der Waals surface area contributed by atoms with E-state index in [1.54, 1.807) is 11.0 Å². The number of piperazine rings is 1. The molecule has 0 spiro atoms. The molecule has 0 bridgehead atoms. The number of hydrogen-bond donors (Lipinski definition) is 2. The smallest absolute Gasteiger partial charge is 0.444 e. The zero-order valence-electron chi connectivity index (χ0n) is 14.3. The molecule has 1 fully saturated rings. The van der Waals surface area contributed by atoms with Crippen LogP contribution in [-0.2, 0) is 11.3 Å². The quantitative estimate of drug-likeness (QED) is 0.788. The Morgan fingerprint density at radius 1 is 1.25 bits per heavy atom. The lowest BCUT2D eigenvalue weighted by Crippen LogP contribution is -2.50. The maximum atomic E-state index is 13.3. The van der Waals surface area contributed by atoms with Gasteiger partial charge in [-0.05, 0) is 43.9 Å². The molecular formula is C16H24BFN2O4. The maximum absolute atomic E-state index is 13.3. The third-order valence-electron chi connectivity index (χ3n) is 3.80. The summed E-state index contributed by atoms with van der Waals surface area (Å²) in [5.74, 6) is -0.503. The first-order valence-corrected chi connectivity index (χ1v) is 8.00. The monoisotopic (exact) mass is 338 g/mol. The highest BCUT2D eigenvalue weighted by Gasteiger charge is 2.26. The normalized spacial score (nSPS) is 16.2. The number of carbonyl (C=O) groups is 1. The third kappa shape index (κ3) is 5.19. The maximum Gasteiger partial charge on any atom is 0.488 e. The van der Waals surface area contributed by atoms with Crippen LogP contribution in [0.5, 0.6) is 0 Å². The fraction of sp³-hybridized carbons (Fsp3) is 0.562. The van der Waals surface area contributed by atoms with E-state index in [1.165, 1.54) is 6.07 Å². The molecule has 1 aliphatic rings. The molecular weight excluding hydrogens is 314 g/mol. The third-order valence-corrected chi connectivity index (χ3v) is 3.80. The van der Waals surface area contributed by atoms with E-state index in [1.807, 2.05) is 20.8 Å². The molecule has 0 saturated carbocycles. The van der Waals surface area contributed by atoms with Crippen LogP contribution in [0.3, 0.4) is 0 Å². The first kappa shape index (κ1) is 18.7. The summed E-state index contributed by atoms with van der Waals surface area (Å²) in [6.07, 6.45) is -0.324. The van der Waals surface area contributed by atoms with Gasteiger partial charge in [-0.3, -0.25) is 4.90 Å². The number of amides is 1. The molecule has 132 valence electrons. The first-order valence-electron chi connectivity index (χ1n) is 8.00. The topological polar surface area (TPSA) is 73.2 Å². The minimum atomic E-state index is -1.71. The van der Waals surface area contributed by atoms with Gasteiger partial charge in [-0.15, -0.1) is 0 Å². The van der Waals surface area contributed by atoms with Crippen molar-refractivity contribution in [3.8, 4) is 0 Å². The van der Waals surface area contributed by atoms with Crippen LogP contribution >= 0.6 is 0 Å². The molecule has 24 heavy (non-hydrogen) atoms. The van der Waals surface area contributed by atoms with Crippen LogP contribution in [0.2, 0.25) is 0 Å². The summed E-state index contributed by atoms with van der Waals surface area (Å²) in [5.41, 5.74) is 0.316. The van der Waals surface area contributed by atoms with E-state index < -0.39 is 18.5 Å². The van der Waals surface area contributed by atoms with Gasteiger partial charge in [0.25, 0.3) is 0 Å². The van der Waals surface area contributed by atoms with Gasteiger partial charge in [0.05, 0.1) is 0 Å². The summed E-state index contributed by atoms with van der Waals surface area (Å²) in [6, 6.07) is 4.00. The Balaban J connectivity index is 1.93. The lowest BCUT2D eigenvalue weighted by molar-refractivity contribution is 0.0139. The second-order valence-electron chi connectivity index (χ2n) is 6.96. The number of rotatable bonds is 3. The molecule has 2 N–H and O–H groups in total. The molecule has 0 unspecified atom stereocenters. The standard InChI is InChI=1S/C16H24BFN2O4/c1-16(2,3)24-15(21)20-8-6-19(7-9-20)11-12-4-5-13(18)10-14(12)17(22)23/h4-5,10,22-23H,6-9,11H2,1-3H3. The van der Waals surface area contributed by atoms with Gasteiger partial charge in [0.2, 0.25) is 0 Å². The van der Waals surface area contributed by atoms with E-state index in [-0.39, 0.29) is 11.6 Å². The van der Waals surface area contributed by atoms with E-state index >= 15 is 0 Å². The molecule has 0 aromatic heterocycles. The van der Waals surface area contributed by atoms with Crippen molar-refractivity contribution in [2.75, 3.05) is 26.2 Å². The summed E-state index contributed by atoms with van der Waals surface area (Å²) in [7, 11) is -1.71. The van der Waals surface area contributed by atoms with Crippen molar-refractivity contribution in [1.29, 1.82) is 0 Å². The largest absolute Gasteiger partial charge is 0.488 e. The second kappa shape index (κ2) is 7.50. The van der Waals surface area contributed by atoms with Crippen LogP contribution in [0.4, 0.5) is 9.18 Å². The van der Waals surface area contributed by atoms with Gasteiger partial charge in [-0.2, -0.15) is 0 Å². The lowest BCUT2D eigenvalue weighted by Gasteiger charge is -2.35. The second-order valence-corrected chi connectivity index (χ2v) is 6.96. The Bertz CT molecular complexity index is 584. The number of hydrogen-bond acceptors (Lipinski definition) is 5. The Labute approximate surface area is 142 Å². The predicted molar refractivity (Wildman–Crippen MR) is 89.3 cm³/mol. The number of ether oxygens (including phenoxy) is 1. The van der Waals surface area contributed by atoms with Crippen molar-refractivity contribution in [3.63, 3.8) is 0 Å². The first-order chi connectivity index (χ1) is 11.2. The highest BCUT2D eigenvalue weighted by Crippen LogP contribution is 2.13. The Kier molecular flexibility index (Phi) is 5.85. The fourth-order valence-corrected chi connectivity index (χ4v) is 2.61. The number of carbonyl (C=O) groups excluding carboxylic acids is 1. The van der Waals surface area contributed by atoms with E-state index in [9.17, 15) is 19.2 Å². The highest BCUT2D eigenvalue weighted by molar-refractivity contribution is 6.59. The molecule has 2 rings (SSSR count). The molecule has 0 radical (unpaired) electrons. The van der Waals surface area contributed by atoms with Gasteiger partial charge >= 0.3 is 13.2 Å². The molecule has 1 saturated heterocycles. The molecule has 8 heteroatoms. The molecule has 0 atom stereocenters. The molecule has 0 aliphatic carbocycles. The van der Waals surface area contributed by atoms with Crippen molar-refractivity contribution in [2.24, 2.45) is 0 Å². The number of nitrogens with zero attached hydrogens (tertiary/aromatic N) is 2. The van der Waals surface area contributed by atoms with Crippen LogP contribution in [-0.4, -0.2) is 64.8 Å². The molecule has 1 aromatic carbocycles. The van der Waals surface area contributed by atoms with Gasteiger partial charge < -0.3 is 19.7 Å². The van der Waals surface area contributed by atoms with E-state index in [2.05, 4.69) is 4.90 Å². The molecule has 6 nitrogen and oxygen atoms in total. The number of benzene rings is 1. The lowest BCUT2D eigenvalue weighted by atomic mass is 9.77. The minimum absolute atomic E-state index is 0.171. The van der Waals surface area contributed by atoms with E-state index in [4.69, 9.17) is 4.74 Å². The highest BCUT2D eigenvalue weighted by atomic mass is 19.1. The molecule has 1 aromatic rings. The Morgan fingerprint density at radius 3 is 2.42 bits per heavy atom. The van der Waals surface area contributed by atoms with Crippen LogP contribution in [0.1, 0.15) is 26.3 Å². The summed E-state index contributed by atoms with van der Waals surface area (Å²) in [6.45, 7) is 8.30. The molecule has 1 amide bonds. The summed E-state index contributed by atoms with van der Waals surface area (Å²) >= 11 is 0. The Morgan fingerprint density at radius 2 is 1.88 bits per heavy atom. The zero-order chi connectivity index (χ0) is 17.9. The zero-order valence-corrected chi connectivity index (χ0v) is 14.3. The summed E-state index contributed by atoms with van der Waals surface area (Å²) in [4.78, 5) is 15.8. The van der Waals surface area contributed by atoms with Crippen LogP contribution in [0, 0.1) is 5.82 Å². The van der Waals surface area contributed by atoms with Crippen molar-refractivity contribution in [2.45, 2.75) is 32.9 Å². The van der Waals surface area contributed by atoms with Gasteiger partial charge in [-0.25, -0.2) is 9.18 Å². The Hall–Kier alpha value is -1.64. The predicted octanol–water partition coefficient (Wildman–Crippen LogP) is 0.558. The summed E-state index contributed by atoms with van der Waals surface area (Å²) < 4.78 is 18.6. The van der Waals surface area contributed by atoms with Gasteiger partial charge in [0, 0.05) is 32.7 Å². The van der Waals surface area contributed by atoms with Crippen molar-refractivity contribution >= 4 is 18.7 Å². The van der Waals surface area contributed by atoms with Crippen LogP contribution in [0.25, 0.3) is 0 Å². The summed E-state index contributed by atoms with van der Waals surface area (Å²) in [5, 5.41) is 18.8. The average Bonchev–Trinajstić information content (AvgIpc) is 2.48. The van der Waals surface area contributed by atoms with E-state index in [0.29, 0.717) is 38.3 Å².